The van der Waals surface area contributed by atoms with Crippen LogP contribution in [0.3, 0.4) is 0 Å². The zero-order valence-electron chi connectivity index (χ0n) is 44.8. The maximum atomic E-state index is 11.6. The molecule has 3 heteroatoms. The summed E-state index contributed by atoms with van der Waals surface area (Å²) in [4.78, 5) is 0. The van der Waals surface area contributed by atoms with Crippen LogP contribution in [-0.2, 0) is 27.3 Å². The topological polar surface area (TPSA) is 25.3 Å². The van der Waals surface area contributed by atoms with Crippen molar-refractivity contribution in [3.8, 4) is 0 Å². The SMILES string of the molecule is CCCCCC1=C(c2ccc(CCCC)cc2)[N+](=[N-])C(c2ccc(CC)cc2)=C1CCCC.CCCCCCCCCCCCCCC[CH2][Ni][CH2]CCCCCCCCCCCCCCC. The van der Waals surface area contributed by atoms with Gasteiger partial charge in [0.15, 0.2) is 0 Å². The Bertz CT molecular complexity index is 1450. The van der Waals surface area contributed by atoms with Crippen molar-refractivity contribution in [2.75, 3.05) is 0 Å². The van der Waals surface area contributed by atoms with Crippen LogP contribution in [0.25, 0.3) is 16.9 Å². The van der Waals surface area contributed by atoms with Gasteiger partial charge in [0.05, 0.1) is 0 Å². The molecule has 0 spiro atoms. The van der Waals surface area contributed by atoms with Gasteiger partial charge < -0.3 is 5.53 Å². The zero-order chi connectivity index (χ0) is 47.6. The van der Waals surface area contributed by atoms with E-state index in [1.165, 1.54) is 243 Å². The molecule has 0 aliphatic carbocycles. The third kappa shape index (κ3) is 27.9. The molecule has 0 amide bonds. The normalized spacial score (nSPS) is 12.8. The van der Waals surface area contributed by atoms with Crippen LogP contribution in [0, 0.1) is 0 Å². The molecule has 0 bridgehead atoms. The summed E-state index contributed by atoms with van der Waals surface area (Å²) in [6.07, 6.45) is 53.7. The second-order valence-corrected chi connectivity index (χ2v) is 21.5. The predicted octanol–water partition coefficient (Wildman–Crippen LogP) is 22.4. The van der Waals surface area contributed by atoms with Crippen molar-refractivity contribution >= 4 is 11.4 Å². The van der Waals surface area contributed by atoms with Crippen molar-refractivity contribution in [3.63, 3.8) is 0 Å². The smallest absolute Gasteiger partial charge is 0.0654 e. The molecule has 0 unspecified atom stereocenters. The predicted molar refractivity (Wildman–Crippen MR) is 292 cm³/mol. The van der Waals surface area contributed by atoms with Crippen molar-refractivity contribution in [2.24, 2.45) is 0 Å². The Morgan fingerprint density at radius 1 is 0.318 bits per heavy atom. The quantitative estimate of drug-likeness (QED) is 0.0360. The summed E-state index contributed by atoms with van der Waals surface area (Å²) < 4.78 is 1.51. The van der Waals surface area contributed by atoms with Crippen molar-refractivity contribution in [3.05, 3.63) is 87.5 Å². The van der Waals surface area contributed by atoms with E-state index in [0.717, 1.165) is 67.5 Å². The molecule has 0 N–H and O–H groups in total. The average molecular weight is 952 g/mol. The number of hydrogen-bond acceptors (Lipinski definition) is 0. The van der Waals surface area contributed by atoms with Crippen molar-refractivity contribution in [2.45, 2.75) is 303 Å². The average Bonchev–Trinajstić information content (AvgIpc) is 3.62. The second-order valence-electron chi connectivity index (χ2n) is 20.0. The number of nitrogens with zero attached hydrogens (tertiary/aromatic N) is 2. The molecule has 66 heavy (non-hydrogen) atoms. The summed E-state index contributed by atoms with van der Waals surface area (Å²) in [7, 11) is 0. The van der Waals surface area contributed by atoms with E-state index in [9.17, 15) is 5.53 Å². The van der Waals surface area contributed by atoms with E-state index in [1.807, 2.05) is 14.4 Å². The fraction of sp³-hybridized carbons (Fsp3) is 0.746. The van der Waals surface area contributed by atoms with Crippen molar-refractivity contribution in [1.82, 2.24) is 0 Å². The maximum absolute atomic E-state index is 11.6. The van der Waals surface area contributed by atoms with Gasteiger partial charge in [0, 0.05) is 22.3 Å². The molecule has 1 aliphatic rings. The van der Waals surface area contributed by atoms with Crippen LogP contribution < -0.4 is 0 Å². The molecule has 380 valence electrons. The number of allylic oxidation sites excluding steroid dienone is 2. The molecule has 2 aromatic rings. The summed E-state index contributed by atoms with van der Waals surface area (Å²) >= 11 is 2.04. The van der Waals surface area contributed by atoms with Gasteiger partial charge >= 0.3 is 166 Å². The van der Waals surface area contributed by atoms with Gasteiger partial charge in [-0.3, -0.25) is 0 Å². The Labute approximate surface area is 418 Å². The van der Waals surface area contributed by atoms with Crippen molar-refractivity contribution < 1.29 is 19.1 Å². The van der Waals surface area contributed by atoms with Gasteiger partial charge in [0.1, 0.15) is 0 Å². The van der Waals surface area contributed by atoms with Gasteiger partial charge in [0.2, 0.25) is 11.4 Å². The summed E-state index contributed by atoms with van der Waals surface area (Å²) in [6, 6.07) is 17.7. The molecular formula is C63H108N2Ni. The van der Waals surface area contributed by atoms with E-state index in [4.69, 9.17) is 0 Å². The first-order valence-corrected chi connectivity index (χ1v) is 30.5. The van der Waals surface area contributed by atoms with Gasteiger partial charge in [-0.05, 0) is 80.3 Å². The van der Waals surface area contributed by atoms with Crippen LogP contribution >= 0.6 is 0 Å². The fourth-order valence-corrected chi connectivity index (χ4v) is 10.8. The minimum Gasteiger partial charge on any atom is -0.0654 e. The molecule has 2 nitrogen and oxygen atoms in total. The van der Waals surface area contributed by atoms with E-state index in [2.05, 4.69) is 90.1 Å². The Morgan fingerprint density at radius 3 is 0.955 bits per heavy atom. The fourth-order valence-electron chi connectivity index (χ4n) is 9.58. The summed E-state index contributed by atoms with van der Waals surface area (Å²) in [5, 5.41) is 2.87. The third-order valence-corrected chi connectivity index (χ3v) is 15.4. The summed E-state index contributed by atoms with van der Waals surface area (Å²) in [5.74, 6) is 0. The van der Waals surface area contributed by atoms with E-state index < -0.39 is 0 Å². The standard InChI is InChI=1S/C31H42N2.2C16H33.Ni/c1-5-9-12-15-29-28(14-11-7-3)30(26-20-16-24(8-4)17-21-26)33(32)31(29)27-22-18-25(19-23-27)13-10-6-2;2*1-3-5-7-9-11-13-15-16-14-12-10-8-6-4-2;/h16-23H,5-15H2,1-4H3;2*1,3-16H2,2H3;. The number of aryl methyl sites for hydroxylation is 2. The van der Waals surface area contributed by atoms with Gasteiger partial charge in [-0.25, -0.2) is 4.70 Å². The van der Waals surface area contributed by atoms with Crippen LogP contribution in [0.15, 0.2) is 59.7 Å². The molecule has 0 saturated heterocycles. The minimum atomic E-state index is 0.989. The van der Waals surface area contributed by atoms with Gasteiger partial charge in [0.25, 0.3) is 0 Å². The summed E-state index contributed by atoms with van der Waals surface area (Å²) in [5.41, 5.74) is 21.2. The number of rotatable bonds is 43. The van der Waals surface area contributed by atoms with E-state index in [1.54, 1.807) is 0 Å². The van der Waals surface area contributed by atoms with Gasteiger partial charge in [-0.2, -0.15) is 0 Å². The molecule has 0 saturated carbocycles. The Kier molecular flexibility index (Phi) is 39.2. The van der Waals surface area contributed by atoms with E-state index in [-0.39, 0.29) is 0 Å². The van der Waals surface area contributed by atoms with Crippen LogP contribution in [0.1, 0.15) is 301 Å². The number of unbranched alkanes of at least 4 members (excludes halogenated alkanes) is 30. The Hall–Kier alpha value is -1.99. The van der Waals surface area contributed by atoms with E-state index in [0.29, 0.717) is 0 Å². The monoisotopic (exact) mass is 951 g/mol. The third-order valence-electron chi connectivity index (χ3n) is 14.0. The van der Waals surface area contributed by atoms with Crippen molar-refractivity contribution in [1.29, 1.82) is 0 Å². The molecule has 1 heterocycles. The second kappa shape index (κ2) is 43.1. The van der Waals surface area contributed by atoms with Crippen LogP contribution in [0.5, 0.6) is 0 Å². The Morgan fingerprint density at radius 2 is 0.606 bits per heavy atom. The molecular weight excluding hydrogens is 843 g/mol. The zero-order valence-corrected chi connectivity index (χ0v) is 45.8. The van der Waals surface area contributed by atoms with E-state index >= 15 is 0 Å². The first kappa shape index (κ1) is 60.1. The number of benzene rings is 2. The van der Waals surface area contributed by atoms with Gasteiger partial charge in [-0.15, -0.1) is 0 Å². The first-order valence-electron chi connectivity index (χ1n) is 29.1. The summed E-state index contributed by atoms with van der Waals surface area (Å²) in [6.45, 7) is 13.5. The molecule has 1 aliphatic heterocycles. The van der Waals surface area contributed by atoms with Crippen LogP contribution in [0.4, 0.5) is 0 Å². The number of hydrogen-bond donors (Lipinski definition) is 0. The van der Waals surface area contributed by atoms with Gasteiger partial charge in [-0.1, -0.05) is 130 Å². The Balaban J connectivity index is 0.000000453. The molecule has 0 atom stereocenters. The minimum absolute atomic E-state index is 0.989. The molecule has 0 aromatic heterocycles. The van der Waals surface area contributed by atoms with Crippen LogP contribution in [-0.4, -0.2) is 4.70 Å². The molecule has 0 fully saturated rings. The molecule has 2 aromatic carbocycles. The molecule has 0 radical (unpaired) electrons. The molecule has 3 rings (SSSR count). The van der Waals surface area contributed by atoms with Crippen LogP contribution in [0.2, 0.25) is 10.8 Å². The first-order chi connectivity index (χ1) is 32.6.